The fourth-order valence-electron chi connectivity index (χ4n) is 2.26. The number of nitrogens with zero attached hydrogens (tertiary/aromatic N) is 4. The summed E-state index contributed by atoms with van der Waals surface area (Å²) in [6, 6.07) is 4.69. The molecule has 0 atom stereocenters. The largest absolute Gasteiger partial charge is 0.408 e. The van der Waals surface area contributed by atoms with Crippen LogP contribution in [0, 0.1) is 6.92 Å². The third kappa shape index (κ3) is 4.67. The third-order valence-electron chi connectivity index (χ3n) is 3.28. The fraction of sp³-hybridized carbons (Fsp3) is 0.429. The first-order valence-corrected chi connectivity index (χ1v) is 7.10. The second-order valence-electron chi connectivity index (χ2n) is 5.27. The van der Waals surface area contributed by atoms with Crippen LogP contribution >= 0.6 is 0 Å². The summed E-state index contributed by atoms with van der Waals surface area (Å²) >= 11 is 0. The standard InChI is InChI=1S/C14H16F3N5O2/c1-9-3-2-4-13(24)21(9)6-5-12-19-11(7-10(18)23)20-22(12)8-14(15,16)17/h2-4H,5-8H2,1H3,(H2,18,23). The Labute approximate surface area is 134 Å². The number of carbonyl (C=O) groups excluding carboxylic acids is 1. The Morgan fingerprint density at radius 1 is 1.33 bits per heavy atom. The van der Waals surface area contributed by atoms with Crippen molar-refractivity contribution < 1.29 is 18.0 Å². The van der Waals surface area contributed by atoms with Gasteiger partial charge >= 0.3 is 6.18 Å². The van der Waals surface area contributed by atoms with Crippen LogP contribution in [0.15, 0.2) is 23.0 Å². The van der Waals surface area contributed by atoms with E-state index in [-0.39, 0.29) is 36.6 Å². The summed E-state index contributed by atoms with van der Waals surface area (Å²) in [6.07, 6.45) is -4.76. The Bertz CT molecular complexity index is 794. The predicted molar refractivity (Wildman–Crippen MR) is 78.1 cm³/mol. The lowest BCUT2D eigenvalue weighted by molar-refractivity contribution is -0.143. The number of aryl methyl sites for hydroxylation is 2. The summed E-state index contributed by atoms with van der Waals surface area (Å²) in [5, 5.41) is 3.69. The molecule has 2 aromatic heterocycles. The van der Waals surface area contributed by atoms with Crippen LogP contribution in [-0.4, -0.2) is 31.4 Å². The summed E-state index contributed by atoms with van der Waals surface area (Å²) in [4.78, 5) is 26.7. The van der Waals surface area contributed by atoms with Gasteiger partial charge in [-0.05, 0) is 13.0 Å². The van der Waals surface area contributed by atoms with Gasteiger partial charge in [0.1, 0.15) is 12.4 Å². The molecular formula is C14H16F3N5O2. The highest BCUT2D eigenvalue weighted by Crippen LogP contribution is 2.18. The second-order valence-corrected chi connectivity index (χ2v) is 5.27. The van der Waals surface area contributed by atoms with Gasteiger partial charge in [-0.25, -0.2) is 9.67 Å². The molecule has 0 aliphatic carbocycles. The van der Waals surface area contributed by atoms with Crippen LogP contribution in [-0.2, 0) is 30.7 Å². The molecule has 130 valence electrons. The zero-order valence-electron chi connectivity index (χ0n) is 12.9. The topological polar surface area (TPSA) is 95.8 Å². The number of hydrogen-bond acceptors (Lipinski definition) is 4. The monoisotopic (exact) mass is 343 g/mol. The molecule has 7 nitrogen and oxygen atoms in total. The quantitative estimate of drug-likeness (QED) is 0.830. The first kappa shape index (κ1) is 17.7. The van der Waals surface area contributed by atoms with E-state index in [0.29, 0.717) is 10.4 Å². The van der Waals surface area contributed by atoms with Gasteiger partial charge in [0.15, 0.2) is 5.82 Å². The molecule has 1 amide bonds. The van der Waals surface area contributed by atoms with Gasteiger partial charge in [0.05, 0.1) is 6.42 Å². The van der Waals surface area contributed by atoms with Crippen molar-refractivity contribution in [3.63, 3.8) is 0 Å². The first-order chi connectivity index (χ1) is 11.2. The van der Waals surface area contributed by atoms with Crippen LogP contribution in [0.2, 0.25) is 0 Å². The van der Waals surface area contributed by atoms with Gasteiger partial charge in [-0.15, -0.1) is 0 Å². The molecule has 0 unspecified atom stereocenters. The van der Waals surface area contributed by atoms with Crippen LogP contribution in [0.25, 0.3) is 0 Å². The number of alkyl halides is 3. The van der Waals surface area contributed by atoms with Crippen molar-refractivity contribution in [2.45, 2.75) is 39.0 Å². The van der Waals surface area contributed by atoms with Gasteiger partial charge in [-0.2, -0.15) is 18.3 Å². The molecule has 0 fully saturated rings. The highest BCUT2D eigenvalue weighted by molar-refractivity contribution is 5.75. The van der Waals surface area contributed by atoms with Crippen molar-refractivity contribution >= 4 is 5.91 Å². The van der Waals surface area contributed by atoms with Crippen LogP contribution in [0.1, 0.15) is 17.3 Å². The molecule has 0 aliphatic heterocycles. The molecule has 10 heteroatoms. The average molecular weight is 343 g/mol. The van der Waals surface area contributed by atoms with E-state index in [9.17, 15) is 22.8 Å². The molecule has 0 radical (unpaired) electrons. The maximum atomic E-state index is 12.6. The van der Waals surface area contributed by atoms with Gasteiger partial charge in [0.2, 0.25) is 5.91 Å². The lowest BCUT2D eigenvalue weighted by Crippen LogP contribution is -2.24. The fourth-order valence-corrected chi connectivity index (χ4v) is 2.26. The maximum absolute atomic E-state index is 12.6. The number of amides is 1. The minimum absolute atomic E-state index is 0.0405. The second kappa shape index (κ2) is 6.85. The molecule has 0 saturated heterocycles. The van der Waals surface area contributed by atoms with Crippen molar-refractivity contribution in [2.24, 2.45) is 5.73 Å². The van der Waals surface area contributed by atoms with Crippen molar-refractivity contribution in [2.75, 3.05) is 0 Å². The highest BCUT2D eigenvalue weighted by atomic mass is 19.4. The minimum atomic E-state index is -4.48. The number of halogens is 3. The summed E-state index contributed by atoms with van der Waals surface area (Å²) in [6.45, 7) is 0.551. The zero-order valence-corrected chi connectivity index (χ0v) is 12.9. The molecule has 24 heavy (non-hydrogen) atoms. The van der Waals surface area contributed by atoms with Gasteiger partial charge in [-0.3, -0.25) is 9.59 Å². The Kier molecular flexibility index (Phi) is 5.05. The molecular weight excluding hydrogens is 327 g/mol. The van der Waals surface area contributed by atoms with E-state index in [1.165, 1.54) is 10.6 Å². The van der Waals surface area contributed by atoms with E-state index in [4.69, 9.17) is 5.73 Å². The van der Waals surface area contributed by atoms with Crippen molar-refractivity contribution in [3.8, 4) is 0 Å². The molecule has 0 bridgehead atoms. The molecule has 2 N–H and O–H groups in total. The van der Waals surface area contributed by atoms with Crippen molar-refractivity contribution in [1.82, 2.24) is 19.3 Å². The van der Waals surface area contributed by atoms with Crippen molar-refractivity contribution in [1.29, 1.82) is 0 Å². The molecule has 2 rings (SSSR count). The predicted octanol–water partition coefficient (Wildman–Crippen LogP) is 0.581. The van der Waals surface area contributed by atoms with E-state index in [0.717, 1.165) is 0 Å². The summed E-state index contributed by atoms with van der Waals surface area (Å²) in [5.41, 5.74) is 5.45. The van der Waals surface area contributed by atoms with Gasteiger partial charge in [0.25, 0.3) is 5.56 Å². The average Bonchev–Trinajstić information content (AvgIpc) is 2.76. The maximum Gasteiger partial charge on any atom is 0.408 e. The van der Waals surface area contributed by atoms with E-state index in [2.05, 4.69) is 10.1 Å². The van der Waals surface area contributed by atoms with Crippen molar-refractivity contribution in [3.05, 3.63) is 45.9 Å². The molecule has 2 heterocycles. The Balaban J connectivity index is 2.25. The first-order valence-electron chi connectivity index (χ1n) is 7.10. The van der Waals surface area contributed by atoms with E-state index >= 15 is 0 Å². The Morgan fingerprint density at radius 3 is 2.62 bits per heavy atom. The highest BCUT2D eigenvalue weighted by Gasteiger charge is 2.30. The number of nitrogens with two attached hydrogens (primary N) is 1. The van der Waals surface area contributed by atoms with E-state index in [1.807, 2.05) is 0 Å². The van der Waals surface area contributed by atoms with Crippen LogP contribution in [0.5, 0.6) is 0 Å². The molecule has 0 aromatic carbocycles. The van der Waals surface area contributed by atoms with Gasteiger partial charge < -0.3 is 10.3 Å². The third-order valence-corrected chi connectivity index (χ3v) is 3.28. The number of aromatic nitrogens is 4. The number of rotatable bonds is 6. The van der Waals surface area contributed by atoms with E-state index < -0.39 is 18.6 Å². The van der Waals surface area contributed by atoms with Crippen LogP contribution in [0.3, 0.4) is 0 Å². The Hall–Kier alpha value is -2.65. The zero-order chi connectivity index (χ0) is 17.9. The van der Waals surface area contributed by atoms with Gasteiger partial charge in [-0.1, -0.05) is 6.07 Å². The summed E-state index contributed by atoms with van der Waals surface area (Å²) in [7, 11) is 0. The Morgan fingerprint density at radius 2 is 2.04 bits per heavy atom. The SMILES string of the molecule is Cc1cccc(=O)n1CCc1nc(CC(N)=O)nn1CC(F)(F)F. The number of hydrogen-bond donors (Lipinski definition) is 1. The lowest BCUT2D eigenvalue weighted by atomic mass is 10.3. The van der Waals surface area contributed by atoms with E-state index in [1.54, 1.807) is 19.1 Å². The normalized spacial score (nSPS) is 11.7. The number of carbonyl (C=O) groups is 1. The smallest absolute Gasteiger partial charge is 0.369 e. The number of pyridine rings is 1. The molecule has 0 saturated carbocycles. The van der Waals surface area contributed by atoms with Crippen LogP contribution in [0.4, 0.5) is 13.2 Å². The summed E-state index contributed by atoms with van der Waals surface area (Å²) < 4.78 is 40.1. The lowest BCUT2D eigenvalue weighted by Gasteiger charge is -2.11. The number of primary amides is 1. The molecule has 2 aromatic rings. The molecule has 0 aliphatic rings. The van der Waals surface area contributed by atoms with Gasteiger partial charge in [0, 0.05) is 24.7 Å². The molecule has 0 spiro atoms. The summed E-state index contributed by atoms with van der Waals surface area (Å²) in [5.74, 6) is -0.765. The minimum Gasteiger partial charge on any atom is -0.369 e. The van der Waals surface area contributed by atoms with Crippen LogP contribution < -0.4 is 11.3 Å².